The van der Waals surface area contributed by atoms with Crippen molar-refractivity contribution < 1.29 is 8.83 Å². The van der Waals surface area contributed by atoms with Crippen molar-refractivity contribution in [1.29, 1.82) is 0 Å². The number of para-hydroxylation sites is 3. The third kappa shape index (κ3) is 3.62. The second-order valence-corrected chi connectivity index (χ2v) is 12.8. The van der Waals surface area contributed by atoms with E-state index in [4.69, 9.17) is 8.83 Å². The first-order chi connectivity index (χ1) is 24.3. The fourth-order valence-corrected chi connectivity index (χ4v) is 8.30. The summed E-state index contributed by atoms with van der Waals surface area (Å²) < 4.78 is 15.1. The Labute approximate surface area is 280 Å². The summed E-state index contributed by atoms with van der Waals surface area (Å²) in [6.45, 7) is 0. The smallest absolute Gasteiger partial charge is 0.145 e. The Balaban J connectivity index is 1.28. The van der Waals surface area contributed by atoms with Gasteiger partial charge in [0.25, 0.3) is 0 Å². The van der Waals surface area contributed by atoms with Crippen LogP contribution in [-0.4, -0.2) is 4.57 Å². The number of rotatable bonds is 3. The summed E-state index contributed by atoms with van der Waals surface area (Å²) in [6.07, 6.45) is 1.75. The van der Waals surface area contributed by atoms with Gasteiger partial charge in [0, 0.05) is 38.4 Å². The van der Waals surface area contributed by atoms with Crippen molar-refractivity contribution in [3.63, 3.8) is 0 Å². The zero-order valence-corrected chi connectivity index (χ0v) is 26.4. The van der Waals surface area contributed by atoms with Gasteiger partial charge in [-0.2, -0.15) is 0 Å². The van der Waals surface area contributed by atoms with Crippen molar-refractivity contribution in [2.45, 2.75) is 0 Å². The third-order valence-corrected chi connectivity index (χ3v) is 10.3. The maximum atomic E-state index is 6.72. The Morgan fingerprint density at radius 1 is 0.388 bits per heavy atom. The van der Waals surface area contributed by atoms with E-state index in [9.17, 15) is 0 Å². The topological polar surface area (TPSA) is 31.2 Å². The van der Waals surface area contributed by atoms with E-state index in [0.29, 0.717) is 0 Å². The van der Waals surface area contributed by atoms with Crippen molar-refractivity contribution in [3.05, 3.63) is 164 Å². The summed E-state index contributed by atoms with van der Waals surface area (Å²) >= 11 is 0. The molecule has 11 rings (SSSR count). The molecule has 0 atom stereocenters. The normalized spacial score (nSPS) is 12.1. The molecule has 8 aromatic carbocycles. The Kier molecular flexibility index (Phi) is 5.38. The Bertz CT molecular complexity index is 3050. The maximum absolute atomic E-state index is 6.72. The molecule has 11 aromatic rings. The van der Waals surface area contributed by atoms with E-state index in [1.54, 1.807) is 6.26 Å². The summed E-state index contributed by atoms with van der Waals surface area (Å²) in [6, 6.07) is 56.5. The number of furan rings is 2. The molecule has 0 spiro atoms. The predicted octanol–water partition coefficient (Wildman–Crippen LogP) is 13.1. The molecular formula is C46H27NO2. The number of aromatic nitrogens is 1. The SMILES string of the molecule is c1ccc(-n2c3ccccc3c3c(-c4c5ccccc5c(-c5cccc6c5oc5ccc7ccoc7c56)c5ccccc45)cccc32)cc1. The number of nitrogens with zero attached hydrogens (tertiary/aromatic N) is 1. The first-order valence-corrected chi connectivity index (χ1v) is 16.7. The highest BCUT2D eigenvalue weighted by atomic mass is 16.3. The average molecular weight is 626 g/mol. The van der Waals surface area contributed by atoms with Crippen LogP contribution >= 0.6 is 0 Å². The van der Waals surface area contributed by atoms with Gasteiger partial charge in [0.05, 0.1) is 22.7 Å². The lowest BCUT2D eigenvalue weighted by Crippen LogP contribution is -1.94. The molecule has 0 bridgehead atoms. The van der Waals surface area contributed by atoms with E-state index in [-0.39, 0.29) is 0 Å². The molecule has 49 heavy (non-hydrogen) atoms. The highest BCUT2D eigenvalue weighted by molar-refractivity contribution is 6.28. The highest BCUT2D eigenvalue weighted by Gasteiger charge is 2.23. The molecule has 3 nitrogen and oxygen atoms in total. The molecule has 0 amide bonds. The van der Waals surface area contributed by atoms with E-state index in [0.717, 1.165) is 44.2 Å². The van der Waals surface area contributed by atoms with Gasteiger partial charge in [-0.25, -0.2) is 0 Å². The zero-order valence-electron chi connectivity index (χ0n) is 26.4. The van der Waals surface area contributed by atoms with Gasteiger partial charge in [-0.3, -0.25) is 0 Å². The minimum atomic E-state index is 0.830. The van der Waals surface area contributed by atoms with Crippen LogP contribution in [0.15, 0.2) is 173 Å². The quantitative estimate of drug-likeness (QED) is 0.183. The van der Waals surface area contributed by atoms with Crippen molar-refractivity contribution in [3.8, 4) is 27.9 Å². The van der Waals surface area contributed by atoms with Gasteiger partial charge in [0.15, 0.2) is 0 Å². The lowest BCUT2D eigenvalue weighted by Gasteiger charge is -2.18. The molecule has 3 aromatic heterocycles. The van der Waals surface area contributed by atoms with E-state index < -0.39 is 0 Å². The second kappa shape index (κ2) is 9.96. The molecule has 0 unspecified atom stereocenters. The van der Waals surface area contributed by atoms with Crippen LogP contribution in [0, 0.1) is 0 Å². The van der Waals surface area contributed by atoms with Crippen LogP contribution in [0.4, 0.5) is 0 Å². The highest BCUT2D eigenvalue weighted by Crippen LogP contribution is 2.49. The maximum Gasteiger partial charge on any atom is 0.145 e. The molecule has 0 aliphatic heterocycles. The van der Waals surface area contributed by atoms with Crippen LogP contribution in [0.2, 0.25) is 0 Å². The largest absolute Gasteiger partial charge is 0.464 e. The summed E-state index contributed by atoms with van der Waals surface area (Å²) in [5, 5.41) is 10.5. The lowest BCUT2D eigenvalue weighted by atomic mass is 9.84. The fourth-order valence-electron chi connectivity index (χ4n) is 8.30. The molecule has 0 radical (unpaired) electrons. The Morgan fingerprint density at radius 2 is 0.980 bits per heavy atom. The van der Waals surface area contributed by atoms with Gasteiger partial charge >= 0.3 is 0 Å². The van der Waals surface area contributed by atoms with E-state index >= 15 is 0 Å². The van der Waals surface area contributed by atoms with Crippen LogP contribution in [0.3, 0.4) is 0 Å². The summed E-state index contributed by atoms with van der Waals surface area (Å²) in [5.41, 5.74) is 10.8. The minimum absolute atomic E-state index is 0.830. The molecule has 0 saturated carbocycles. The van der Waals surface area contributed by atoms with Gasteiger partial charge in [-0.15, -0.1) is 0 Å². The third-order valence-electron chi connectivity index (χ3n) is 10.3. The molecule has 0 aliphatic carbocycles. The number of hydrogen-bond donors (Lipinski definition) is 0. The Hall–Kier alpha value is -6.58. The summed E-state index contributed by atoms with van der Waals surface area (Å²) in [5.74, 6) is 0. The van der Waals surface area contributed by atoms with Crippen LogP contribution in [0.5, 0.6) is 0 Å². The van der Waals surface area contributed by atoms with Gasteiger partial charge in [-0.05, 0) is 75.1 Å². The first kappa shape index (κ1) is 26.5. The number of benzene rings is 8. The van der Waals surface area contributed by atoms with Crippen LogP contribution in [-0.2, 0) is 0 Å². The van der Waals surface area contributed by atoms with Gasteiger partial charge in [-0.1, -0.05) is 115 Å². The van der Waals surface area contributed by atoms with Gasteiger partial charge in [0.2, 0.25) is 0 Å². The van der Waals surface area contributed by atoms with E-state index in [1.807, 2.05) is 6.07 Å². The molecule has 0 aliphatic rings. The van der Waals surface area contributed by atoms with Crippen molar-refractivity contribution in [1.82, 2.24) is 4.57 Å². The molecule has 3 heterocycles. The number of fused-ring (bicyclic) bond motifs is 10. The minimum Gasteiger partial charge on any atom is -0.464 e. The van der Waals surface area contributed by atoms with Crippen LogP contribution in [0.25, 0.3) is 104 Å². The molecule has 3 heteroatoms. The van der Waals surface area contributed by atoms with E-state index in [1.165, 1.54) is 60.0 Å². The predicted molar refractivity (Wildman–Crippen MR) is 204 cm³/mol. The lowest BCUT2D eigenvalue weighted by molar-refractivity contribution is 0.618. The summed E-state index contributed by atoms with van der Waals surface area (Å²) in [7, 11) is 0. The first-order valence-electron chi connectivity index (χ1n) is 16.7. The van der Waals surface area contributed by atoms with Crippen molar-refractivity contribution in [2.24, 2.45) is 0 Å². The molecule has 0 fully saturated rings. The van der Waals surface area contributed by atoms with E-state index in [2.05, 4.69) is 156 Å². The van der Waals surface area contributed by atoms with Crippen LogP contribution in [0.1, 0.15) is 0 Å². The fraction of sp³-hybridized carbons (Fsp3) is 0. The average Bonchev–Trinajstić information content (AvgIpc) is 3.88. The Morgan fingerprint density at radius 3 is 1.73 bits per heavy atom. The molecule has 0 saturated heterocycles. The van der Waals surface area contributed by atoms with Crippen molar-refractivity contribution in [2.75, 3.05) is 0 Å². The standard InChI is InChI=1S/C46H27NO2/c1-2-12-29(13-3-1)47-38-22-9-8-18-34(38)43-35(19-11-23-39(43)47)41-30-14-4-6-16-32(30)42(33-17-7-5-15-31(33)41)36-20-10-21-37-44-40(49-46(36)37)25-24-28-26-27-48-45(28)44/h1-27H. The van der Waals surface area contributed by atoms with Gasteiger partial charge in [0.1, 0.15) is 16.7 Å². The monoisotopic (exact) mass is 625 g/mol. The summed E-state index contributed by atoms with van der Waals surface area (Å²) in [4.78, 5) is 0. The molecule has 0 N–H and O–H groups in total. The molecular weight excluding hydrogens is 599 g/mol. The van der Waals surface area contributed by atoms with Gasteiger partial charge < -0.3 is 13.4 Å². The molecule has 228 valence electrons. The zero-order chi connectivity index (χ0) is 32.1. The second-order valence-electron chi connectivity index (χ2n) is 12.8. The number of hydrogen-bond acceptors (Lipinski definition) is 2. The van der Waals surface area contributed by atoms with Crippen molar-refractivity contribution >= 4 is 76.3 Å². The van der Waals surface area contributed by atoms with Crippen LogP contribution < -0.4 is 0 Å².